The lowest BCUT2D eigenvalue weighted by Crippen LogP contribution is -2.60. The normalized spacial score (nSPS) is 18.3. The monoisotopic (exact) mass is 465 g/mol. The minimum atomic E-state index is -6.90. The number of nitrogens with one attached hydrogen (secondary N) is 1. The van der Waals surface area contributed by atoms with Crippen LogP contribution in [0.2, 0.25) is 0 Å². The first kappa shape index (κ1) is 26.6. The summed E-state index contributed by atoms with van der Waals surface area (Å²) in [4.78, 5) is 11.1. The van der Waals surface area contributed by atoms with Gasteiger partial charge in [-0.25, -0.2) is 4.72 Å². The summed E-state index contributed by atoms with van der Waals surface area (Å²) in [6.07, 6.45) is -13.1. The van der Waals surface area contributed by atoms with Crippen molar-refractivity contribution in [1.29, 1.82) is 0 Å². The van der Waals surface area contributed by atoms with Gasteiger partial charge in [-0.2, -0.15) is 56.7 Å². The summed E-state index contributed by atoms with van der Waals surface area (Å²) in [6, 6.07) is 0. The van der Waals surface area contributed by atoms with Gasteiger partial charge in [-0.3, -0.25) is 4.79 Å². The second-order valence-corrected chi connectivity index (χ2v) is 6.51. The van der Waals surface area contributed by atoms with Gasteiger partial charge >= 0.3 is 45.5 Å². The molecule has 28 heavy (non-hydrogen) atoms. The summed E-state index contributed by atoms with van der Waals surface area (Å²) in [5, 5.41) is 0. The van der Waals surface area contributed by atoms with Crippen LogP contribution in [0.5, 0.6) is 0 Å². The summed E-state index contributed by atoms with van der Waals surface area (Å²) in [5.41, 5.74) is -6.39. The van der Waals surface area contributed by atoms with Gasteiger partial charge in [0.15, 0.2) is 0 Å². The number of amides is 1. The van der Waals surface area contributed by atoms with E-state index < -0.39 is 63.4 Å². The van der Waals surface area contributed by atoms with Crippen molar-refractivity contribution < 1.29 is 71.0 Å². The molecule has 1 N–H and O–H groups in total. The zero-order valence-corrected chi connectivity index (χ0v) is 14.0. The Morgan fingerprint density at radius 3 is 1.64 bits per heavy atom. The highest BCUT2D eigenvalue weighted by atomic mass is 32.2. The molecule has 0 fully saturated rings. The molecule has 0 rings (SSSR count). The fourth-order valence-corrected chi connectivity index (χ4v) is 1.67. The minimum absolute atomic E-state index is 0.313. The molecule has 6 nitrogen and oxygen atoms in total. The first-order valence-electron chi connectivity index (χ1n) is 6.57. The highest BCUT2D eigenvalue weighted by Crippen LogP contribution is 2.41. The molecule has 0 saturated carbocycles. The highest BCUT2D eigenvalue weighted by molar-refractivity contribution is 7.90. The van der Waals surface area contributed by atoms with Crippen molar-refractivity contribution in [1.82, 2.24) is 4.72 Å². The van der Waals surface area contributed by atoms with E-state index in [-0.39, 0.29) is 6.42 Å². The largest absolute Gasteiger partial charge is 0.516 e. The topological polar surface area (TPSA) is 81.7 Å². The summed E-state index contributed by atoms with van der Waals surface area (Å²) in [6.45, 7) is -2.94. The van der Waals surface area contributed by atoms with Crippen LogP contribution in [0, 0.1) is 0 Å². The number of sulfonamides is 1. The Labute approximate surface area is 149 Å². The molecule has 0 bridgehead atoms. The van der Waals surface area contributed by atoms with Crippen molar-refractivity contribution in [3.63, 3.8) is 0 Å². The van der Waals surface area contributed by atoms with Gasteiger partial charge in [0.2, 0.25) is 0 Å². The summed E-state index contributed by atoms with van der Waals surface area (Å²) >= 11 is 0. The molecule has 0 aromatic carbocycles. The predicted molar refractivity (Wildman–Crippen MR) is 65.1 cm³/mol. The van der Waals surface area contributed by atoms with E-state index in [9.17, 15) is 61.5 Å². The van der Waals surface area contributed by atoms with Gasteiger partial charge in [-0.15, -0.1) is 0 Å². The lowest BCUT2D eigenvalue weighted by Gasteiger charge is -2.32. The molecule has 0 heterocycles. The van der Waals surface area contributed by atoms with Crippen molar-refractivity contribution in [2.45, 2.75) is 42.9 Å². The molecule has 18 heteroatoms. The first-order valence-corrected chi connectivity index (χ1v) is 8.05. The Hall–Kier alpha value is -1.43. The lowest BCUT2D eigenvalue weighted by atomic mass is 10.2. The SMILES string of the molecule is CCCOC(F)(COC(F)(C(=O)NS(=O)(=O)C(F)(F)F)C(F)(F)F)C(F)(F)F. The smallest absolute Gasteiger partial charge is 0.337 e. The standard InChI is InChI=1S/C10H10F11NO5S/c1-2-3-26-6(11,8(13,14)15)4-27-7(12,9(16,17)18)5(23)22-28(24,25)10(19,20)21/h2-4H2,1H3,(H,22,23). The van der Waals surface area contributed by atoms with Gasteiger partial charge in [0.1, 0.15) is 6.61 Å². The number of rotatable bonds is 8. The van der Waals surface area contributed by atoms with Crippen molar-refractivity contribution >= 4 is 15.9 Å². The maximum atomic E-state index is 13.9. The maximum Gasteiger partial charge on any atom is 0.516 e. The number of carbonyl (C=O) groups is 1. The Kier molecular flexibility index (Phi) is 7.72. The van der Waals surface area contributed by atoms with E-state index in [2.05, 4.69) is 9.47 Å². The third kappa shape index (κ3) is 5.79. The van der Waals surface area contributed by atoms with Crippen LogP contribution in [0.1, 0.15) is 13.3 Å². The Morgan fingerprint density at radius 1 is 0.857 bits per heavy atom. The van der Waals surface area contributed by atoms with E-state index in [1.54, 1.807) is 0 Å². The van der Waals surface area contributed by atoms with E-state index in [1.807, 2.05) is 0 Å². The van der Waals surface area contributed by atoms with Crippen LogP contribution in [0.25, 0.3) is 0 Å². The fourth-order valence-electron chi connectivity index (χ4n) is 1.18. The van der Waals surface area contributed by atoms with E-state index in [4.69, 9.17) is 0 Å². The third-order valence-electron chi connectivity index (χ3n) is 2.60. The minimum Gasteiger partial charge on any atom is -0.337 e. The average molecular weight is 465 g/mol. The predicted octanol–water partition coefficient (Wildman–Crippen LogP) is 2.85. The molecular formula is C10H10F11NO5S. The van der Waals surface area contributed by atoms with Crippen molar-refractivity contribution in [3.05, 3.63) is 0 Å². The number of alkyl halides is 11. The molecule has 0 aliphatic carbocycles. The van der Waals surface area contributed by atoms with Crippen LogP contribution in [-0.2, 0) is 24.3 Å². The summed E-state index contributed by atoms with van der Waals surface area (Å²) in [5.74, 6) is -14.9. The number of hydrogen-bond acceptors (Lipinski definition) is 5. The summed E-state index contributed by atoms with van der Waals surface area (Å²) in [7, 11) is -6.90. The number of ether oxygens (including phenoxy) is 2. The molecule has 2 atom stereocenters. The molecule has 2 unspecified atom stereocenters. The molecule has 168 valence electrons. The molecular weight excluding hydrogens is 455 g/mol. The summed E-state index contributed by atoms with van der Waals surface area (Å²) < 4.78 is 167. The van der Waals surface area contributed by atoms with Gasteiger partial charge in [0.25, 0.3) is 0 Å². The van der Waals surface area contributed by atoms with E-state index in [0.717, 1.165) is 6.92 Å². The van der Waals surface area contributed by atoms with Crippen LogP contribution in [0.4, 0.5) is 48.3 Å². The fraction of sp³-hybridized carbons (Fsp3) is 0.900. The highest BCUT2D eigenvalue weighted by Gasteiger charge is 2.68. The molecule has 0 aromatic heterocycles. The molecule has 0 saturated heterocycles. The van der Waals surface area contributed by atoms with Crippen molar-refractivity contribution in [2.75, 3.05) is 13.2 Å². The van der Waals surface area contributed by atoms with Crippen molar-refractivity contribution in [2.24, 2.45) is 0 Å². The van der Waals surface area contributed by atoms with Crippen LogP contribution in [0.3, 0.4) is 0 Å². The zero-order chi connectivity index (χ0) is 22.8. The van der Waals surface area contributed by atoms with Gasteiger partial charge < -0.3 is 9.47 Å². The Bertz CT molecular complexity index is 658. The second-order valence-electron chi connectivity index (χ2n) is 4.84. The second kappa shape index (κ2) is 8.13. The molecule has 1 amide bonds. The Balaban J connectivity index is 5.84. The maximum absolute atomic E-state index is 13.9. The lowest BCUT2D eigenvalue weighted by molar-refractivity contribution is -0.378. The van der Waals surface area contributed by atoms with Gasteiger partial charge in [-0.05, 0) is 6.42 Å². The third-order valence-corrected chi connectivity index (χ3v) is 3.67. The van der Waals surface area contributed by atoms with Gasteiger partial charge in [-0.1, -0.05) is 6.92 Å². The molecule has 0 spiro atoms. The quantitative estimate of drug-likeness (QED) is 0.558. The van der Waals surface area contributed by atoms with Crippen LogP contribution in [0.15, 0.2) is 0 Å². The van der Waals surface area contributed by atoms with Crippen LogP contribution in [-0.4, -0.2) is 57.1 Å². The first-order chi connectivity index (χ1) is 12.1. The molecule has 0 aliphatic rings. The molecule has 0 aromatic rings. The molecule has 0 aliphatic heterocycles. The number of halogens is 11. The van der Waals surface area contributed by atoms with Crippen LogP contribution < -0.4 is 4.72 Å². The average Bonchev–Trinajstić information content (AvgIpc) is 2.46. The number of carbonyl (C=O) groups excluding carboxylic acids is 1. The van der Waals surface area contributed by atoms with Gasteiger partial charge in [0, 0.05) is 0 Å². The van der Waals surface area contributed by atoms with E-state index >= 15 is 0 Å². The van der Waals surface area contributed by atoms with E-state index in [0.29, 0.717) is 0 Å². The van der Waals surface area contributed by atoms with Gasteiger partial charge in [0.05, 0.1) is 6.61 Å². The van der Waals surface area contributed by atoms with Crippen LogP contribution >= 0.6 is 0 Å². The molecule has 0 radical (unpaired) electrons. The van der Waals surface area contributed by atoms with E-state index in [1.165, 1.54) is 0 Å². The zero-order valence-electron chi connectivity index (χ0n) is 13.2. The number of hydrogen-bond donors (Lipinski definition) is 1. The Morgan fingerprint density at radius 2 is 1.32 bits per heavy atom. The van der Waals surface area contributed by atoms with Crippen molar-refractivity contribution in [3.8, 4) is 0 Å².